The van der Waals surface area contributed by atoms with Crippen LogP contribution in [0, 0.1) is 12.8 Å². The fourth-order valence-electron chi connectivity index (χ4n) is 4.43. The number of aromatic nitrogens is 2. The van der Waals surface area contributed by atoms with Crippen LogP contribution in [0.4, 0.5) is 5.69 Å². The number of halogens is 1. The fraction of sp³-hybridized carbons (Fsp3) is 0.346. The maximum absolute atomic E-state index is 5.87. The Labute approximate surface area is 212 Å². The molecule has 0 amide bonds. The molecule has 0 saturated heterocycles. The van der Waals surface area contributed by atoms with Gasteiger partial charge in [-0.25, -0.2) is 4.52 Å². The van der Waals surface area contributed by atoms with Crippen LogP contribution in [0.2, 0.25) is 0 Å². The molecule has 0 atom stereocenters. The van der Waals surface area contributed by atoms with Gasteiger partial charge in [0.1, 0.15) is 22.3 Å². The quantitative estimate of drug-likeness (QED) is 0.216. The Bertz CT molecular complexity index is 1300. The van der Waals surface area contributed by atoms with E-state index >= 15 is 0 Å². The van der Waals surface area contributed by atoms with Gasteiger partial charge in [-0.2, -0.15) is 5.10 Å². The van der Waals surface area contributed by atoms with Crippen LogP contribution in [-0.4, -0.2) is 36.6 Å². The number of fused-ring (bicyclic) bond motifs is 1. The van der Waals surface area contributed by atoms with Gasteiger partial charge in [-0.3, -0.25) is 0 Å². The van der Waals surface area contributed by atoms with Crippen molar-refractivity contribution < 1.29 is 13.9 Å². The number of hydrogen-bond acceptors (Lipinski definition) is 6. The molecule has 8 heteroatoms. The van der Waals surface area contributed by atoms with Crippen molar-refractivity contribution >= 4 is 38.9 Å². The van der Waals surface area contributed by atoms with Crippen molar-refractivity contribution in [3.05, 3.63) is 58.5 Å². The number of thioether (sulfide) groups is 1. The lowest BCUT2D eigenvalue weighted by Crippen LogP contribution is -2.25. The van der Waals surface area contributed by atoms with Crippen LogP contribution >= 0.6 is 27.7 Å². The summed E-state index contributed by atoms with van der Waals surface area (Å²) in [6, 6.07) is 14.3. The van der Waals surface area contributed by atoms with Crippen molar-refractivity contribution in [3.8, 4) is 22.8 Å². The van der Waals surface area contributed by atoms with Gasteiger partial charge in [-0.05, 0) is 89.8 Å². The monoisotopic (exact) mass is 541 g/mol. The highest BCUT2D eigenvalue weighted by Gasteiger charge is 2.29. The summed E-state index contributed by atoms with van der Waals surface area (Å²) in [6.45, 7) is 3.71. The lowest BCUT2D eigenvalue weighted by molar-refractivity contribution is 0.396. The topological polar surface area (TPSA) is 52.1 Å². The number of rotatable bonds is 9. The van der Waals surface area contributed by atoms with Crippen molar-refractivity contribution in [1.29, 1.82) is 0 Å². The molecule has 5 rings (SSSR count). The maximum Gasteiger partial charge on any atom is 0.169 e. The molecule has 0 N–H and O–H groups in total. The second-order valence-electron chi connectivity index (χ2n) is 8.64. The van der Waals surface area contributed by atoms with Crippen molar-refractivity contribution in [2.75, 3.05) is 31.9 Å². The molecule has 1 aliphatic rings. The predicted molar refractivity (Wildman–Crippen MR) is 140 cm³/mol. The number of aryl methyl sites for hydroxylation is 1. The molecule has 34 heavy (non-hydrogen) atoms. The Morgan fingerprint density at radius 1 is 1.15 bits per heavy atom. The SMILES string of the molecule is COc1cc(C)cc(OC)c1-c1cccc2c(N(Cc3ccc(Br)o3)CC3CC3)c(SC)nn12. The normalized spacial score (nSPS) is 13.4. The minimum atomic E-state index is 0.693. The number of methoxy groups -OCH3 is 2. The lowest BCUT2D eigenvalue weighted by Gasteiger charge is -2.24. The molecular weight excluding hydrogens is 514 g/mol. The summed E-state index contributed by atoms with van der Waals surface area (Å²) in [4.78, 5) is 2.42. The third-order valence-corrected chi connectivity index (χ3v) is 7.26. The summed E-state index contributed by atoms with van der Waals surface area (Å²) in [7, 11) is 3.39. The van der Waals surface area contributed by atoms with Crippen molar-refractivity contribution in [1.82, 2.24) is 9.61 Å². The Morgan fingerprint density at radius 3 is 2.47 bits per heavy atom. The summed E-state index contributed by atoms with van der Waals surface area (Å²) >= 11 is 5.10. The zero-order valence-electron chi connectivity index (χ0n) is 19.8. The summed E-state index contributed by atoms with van der Waals surface area (Å²) in [5.41, 5.74) is 5.10. The molecule has 0 spiro atoms. The van der Waals surface area contributed by atoms with E-state index in [4.69, 9.17) is 19.0 Å². The molecule has 6 nitrogen and oxygen atoms in total. The van der Waals surface area contributed by atoms with Crippen molar-refractivity contribution in [2.24, 2.45) is 5.92 Å². The lowest BCUT2D eigenvalue weighted by atomic mass is 10.1. The first-order chi connectivity index (χ1) is 16.5. The molecule has 3 heterocycles. The first-order valence-electron chi connectivity index (χ1n) is 11.3. The number of pyridine rings is 1. The average molecular weight is 542 g/mol. The first kappa shape index (κ1) is 23.2. The van der Waals surface area contributed by atoms with Crippen LogP contribution in [0.5, 0.6) is 11.5 Å². The van der Waals surface area contributed by atoms with Gasteiger partial charge in [0.05, 0.1) is 43.2 Å². The van der Waals surface area contributed by atoms with Crippen LogP contribution in [0.1, 0.15) is 24.2 Å². The van der Waals surface area contributed by atoms with Crippen LogP contribution in [0.25, 0.3) is 16.8 Å². The molecule has 0 radical (unpaired) electrons. The fourth-order valence-corrected chi connectivity index (χ4v) is 5.36. The van der Waals surface area contributed by atoms with E-state index in [0.717, 1.165) is 61.5 Å². The minimum absolute atomic E-state index is 0.693. The van der Waals surface area contributed by atoms with Crippen LogP contribution in [0.3, 0.4) is 0 Å². The van der Waals surface area contributed by atoms with Gasteiger partial charge in [0.15, 0.2) is 4.67 Å². The van der Waals surface area contributed by atoms with Gasteiger partial charge in [0, 0.05) is 6.54 Å². The van der Waals surface area contributed by atoms with Crippen LogP contribution in [-0.2, 0) is 6.54 Å². The standard InChI is InChI=1S/C26H28BrN3O3S/c1-16-12-21(31-2)24(22(13-16)32-3)19-6-5-7-20-25(26(34-4)28-30(19)20)29(14-17-8-9-17)15-18-10-11-23(27)33-18/h5-7,10-13,17H,8-9,14-15H2,1-4H3. The Morgan fingerprint density at radius 2 is 1.88 bits per heavy atom. The van der Waals surface area contributed by atoms with Gasteiger partial charge in [0.2, 0.25) is 0 Å². The number of furan rings is 1. The van der Waals surface area contributed by atoms with Gasteiger partial charge in [0.25, 0.3) is 0 Å². The van der Waals surface area contributed by atoms with Crippen LogP contribution < -0.4 is 14.4 Å². The second kappa shape index (κ2) is 9.58. The third kappa shape index (κ3) is 4.41. The van der Waals surface area contributed by atoms with Crippen LogP contribution in [0.15, 0.2) is 56.6 Å². The number of nitrogens with zero attached hydrogens (tertiary/aromatic N) is 3. The highest BCUT2D eigenvalue weighted by molar-refractivity contribution is 9.10. The van der Waals surface area contributed by atoms with E-state index in [0.29, 0.717) is 12.5 Å². The van der Waals surface area contributed by atoms with E-state index in [-0.39, 0.29) is 0 Å². The van der Waals surface area contributed by atoms with Crippen molar-refractivity contribution in [2.45, 2.75) is 31.3 Å². The number of hydrogen-bond donors (Lipinski definition) is 0. The third-order valence-electron chi connectivity index (χ3n) is 6.17. The number of anilines is 1. The molecule has 1 aromatic carbocycles. The van der Waals surface area contributed by atoms with E-state index in [9.17, 15) is 0 Å². The van der Waals surface area contributed by atoms with Crippen molar-refractivity contribution in [3.63, 3.8) is 0 Å². The van der Waals surface area contributed by atoms with E-state index in [1.165, 1.54) is 12.8 Å². The Balaban J connectivity index is 1.68. The highest BCUT2D eigenvalue weighted by Crippen LogP contribution is 2.43. The molecule has 1 aliphatic carbocycles. The molecular formula is C26H28BrN3O3S. The summed E-state index contributed by atoms with van der Waals surface area (Å²) in [6.07, 6.45) is 4.63. The zero-order valence-corrected chi connectivity index (χ0v) is 22.2. The summed E-state index contributed by atoms with van der Waals surface area (Å²) < 4.78 is 20.2. The highest BCUT2D eigenvalue weighted by atomic mass is 79.9. The molecule has 0 aliphatic heterocycles. The zero-order chi connectivity index (χ0) is 23.8. The smallest absolute Gasteiger partial charge is 0.169 e. The molecule has 0 unspecified atom stereocenters. The molecule has 4 aromatic rings. The van der Waals surface area contributed by atoms with E-state index < -0.39 is 0 Å². The molecule has 1 fully saturated rings. The minimum Gasteiger partial charge on any atom is -0.496 e. The predicted octanol–water partition coefficient (Wildman–Crippen LogP) is 6.82. The van der Waals surface area contributed by atoms with Gasteiger partial charge >= 0.3 is 0 Å². The summed E-state index contributed by atoms with van der Waals surface area (Å²) in [5, 5.41) is 6.05. The summed E-state index contributed by atoms with van der Waals surface area (Å²) in [5.74, 6) is 3.17. The maximum atomic E-state index is 5.87. The molecule has 0 bridgehead atoms. The molecule has 178 valence electrons. The number of ether oxygens (including phenoxy) is 2. The van der Waals surface area contributed by atoms with Gasteiger partial charge < -0.3 is 18.8 Å². The van der Waals surface area contributed by atoms with E-state index in [1.54, 1.807) is 26.0 Å². The molecule has 1 saturated carbocycles. The Hall–Kier alpha value is -2.58. The van der Waals surface area contributed by atoms with E-state index in [2.05, 4.69) is 45.3 Å². The largest absolute Gasteiger partial charge is 0.496 e. The number of benzene rings is 1. The van der Waals surface area contributed by atoms with Gasteiger partial charge in [-0.1, -0.05) is 6.07 Å². The molecule has 3 aromatic heterocycles. The second-order valence-corrected chi connectivity index (χ2v) is 10.2. The first-order valence-corrected chi connectivity index (χ1v) is 13.3. The van der Waals surface area contributed by atoms with Gasteiger partial charge in [-0.15, -0.1) is 11.8 Å². The average Bonchev–Trinajstić information content (AvgIpc) is 3.43. The Kier molecular flexibility index (Phi) is 6.53. The van der Waals surface area contributed by atoms with E-state index in [1.807, 2.05) is 35.7 Å².